The van der Waals surface area contributed by atoms with Crippen molar-refractivity contribution in [1.29, 1.82) is 0 Å². The van der Waals surface area contributed by atoms with Crippen molar-refractivity contribution in [3.05, 3.63) is 90.0 Å². The van der Waals surface area contributed by atoms with E-state index in [0.29, 0.717) is 5.89 Å². The number of carbonyl (C=O) groups is 1. The highest BCUT2D eigenvalue weighted by Gasteiger charge is 2.13. The van der Waals surface area contributed by atoms with Crippen LogP contribution in [-0.2, 0) is 4.79 Å². The molecule has 1 N–H and O–H groups in total. The van der Waals surface area contributed by atoms with Crippen LogP contribution in [0.2, 0.25) is 0 Å². The molecular weight excluding hydrogens is 336 g/mol. The molecule has 0 saturated carbocycles. The molecule has 3 aromatic carbocycles. The van der Waals surface area contributed by atoms with E-state index in [4.69, 9.17) is 4.42 Å². The number of nitrogens with zero attached hydrogens (tertiary/aromatic N) is 1. The standard InChI is InChI=1S/C23H18N2O2/c1-16-18(23-25-20-11-5-6-13-21(20)27-23)10-7-12-19(16)24-22(26)15-14-17-8-3-2-4-9-17/h2-15H,1H3,(H,24,26)/b15-14-. The minimum atomic E-state index is -0.184. The minimum absolute atomic E-state index is 0.184. The summed E-state index contributed by atoms with van der Waals surface area (Å²) in [6.45, 7) is 1.95. The summed E-state index contributed by atoms with van der Waals surface area (Å²) in [7, 11) is 0. The zero-order valence-electron chi connectivity index (χ0n) is 14.8. The lowest BCUT2D eigenvalue weighted by Gasteiger charge is -2.09. The van der Waals surface area contributed by atoms with E-state index in [-0.39, 0.29) is 5.91 Å². The van der Waals surface area contributed by atoms with Crippen LogP contribution in [0, 0.1) is 6.92 Å². The van der Waals surface area contributed by atoms with Gasteiger partial charge in [0.25, 0.3) is 0 Å². The minimum Gasteiger partial charge on any atom is -0.436 e. The van der Waals surface area contributed by atoms with Gasteiger partial charge < -0.3 is 9.73 Å². The quantitative estimate of drug-likeness (QED) is 0.495. The summed E-state index contributed by atoms with van der Waals surface area (Å²) < 4.78 is 5.86. The van der Waals surface area contributed by atoms with Gasteiger partial charge in [-0.25, -0.2) is 4.98 Å². The molecule has 1 heterocycles. The number of amides is 1. The van der Waals surface area contributed by atoms with E-state index in [1.54, 1.807) is 6.08 Å². The van der Waals surface area contributed by atoms with Gasteiger partial charge in [0.05, 0.1) is 0 Å². The van der Waals surface area contributed by atoms with Gasteiger partial charge in [0.1, 0.15) is 5.52 Å². The lowest BCUT2D eigenvalue weighted by Crippen LogP contribution is -2.09. The zero-order chi connectivity index (χ0) is 18.6. The molecule has 4 heteroatoms. The SMILES string of the molecule is Cc1c(NC(=O)/C=C\c2ccccc2)cccc1-c1nc2ccccc2o1. The fourth-order valence-corrected chi connectivity index (χ4v) is 2.90. The van der Waals surface area contributed by atoms with Crippen molar-refractivity contribution in [3.8, 4) is 11.5 Å². The van der Waals surface area contributed by atoms with Crippen LogP contribution in [0.25, 0.3) is 28.6 Å². The fraction of sp³-hybridized carbons (Fsp3) is 0.0435. The first-order valence-corrected chi connectivity index (χ1v) is 8.70. The van der Waals surface area contributed by atoms with E-state index < -0.39 is 0 Å². The van der Waals surface area contributed by atoms with E-state index in [1.165, 1.54) is 6.08 Å². The molecule has 4 nitrogen and oxygen atoms in total. The van der Waals surface area contributed by atoms with Crippen LogP contribution in [0.1, 0.15) is 11.1 Å². The molecule has 0 saturated heterocycles. The summed E-state index contributed by atoms with van der Waals surface area (Å²) in [5, 5.41) is 2.93. The van der Waals surface area contributed by atoms with Gasteiger partial charge in [0.2, 0.25) is 11.8 Å². The van der Waals surface area contributed by atoms with Gasteiger partial charge in [-0.05, 0) is 48.4 Å². The van der Waals surface area contributed by atoms with Crippen LogP contribution >= 0.6 is 0 Å². The maximum absolute atomic E-state index is 12.3. The number of oxazole rings is 1. The third kappa shape index (κ3) is 3.65. The average Bonchev–Trinajstić information content (AvgIpc) is 3.13. The topological polar surface area (TPSA) is 55.1 Å². The smallest absolute Gasteiger partial charge is 0.248 e. The van der Waals surface area contributed by atoms with Crippen LogP contribution in [0.4, 0.5) is 5.69 Å². The van der Waals surface area contributed by atoms with Crippen molar-refractivity contribution in [1.82, 2.24) is 4.98 Å². The van der Waals surface area contributed by atoms with E-state index in [0.717, 1.165) is 33.5 Å². The lowest BCUT2D eigenvalue weighted by molar-refractivity contribution is -0.111. The van der Waals surface area contributed by atoms with Crippen molar-refractivity contribution in [2.24, 2.45) is 0 Å². The summed E-state index contributed by atoms with van der Waals surface area (Å²) >= 11 is 0. The number of anilines is 1. The van der Waals surface area contributed by atoms with Crippen molar-refractivity contribution in [2.45, 2.75) is 6.92 Å². The Hall–Kier alpha value is -3.66. The molecule has 4 rings (SSSR count). The third-order valence-electron chi connectivity index (χ3n) is 4.34. The Kier molecular flexibility index (Phi) is 4.54. The number of hydrogen-bond donors (Lipinski definition) is 1. The number of benzene rings is 3. The van der Waals surface area contributed by atoms with Crippen molar-refractivity contribution < 1.29 is 9.21 Å². The Morgan fingerprint density at radius 2 is 1.74 bits per heavy atom. The van der Waals surface area contributed by atoms with Gasteiger partial charge in [-0.3, -0.25) is 4.79 Å². The maximum atomic E-state index is 12.3. The van der Waals surface area contributed by atoms with Crippen LogP contribution in [0.3, 0.4) is 0 Å². The first kappa shape index (κ1) is 16.8. The second kappa shape index (κ2) is 7.30. The molecule has 0 aliphatic heterocycles. The predicted molar refractivity (Wildman–Crippen MR) is 108 cm³/mol. The number of para-hydroxylation sites is 2. The second-order valence-electron chi connectivity index (χ2n) is 6.20. The molecule has 0 aliphatic carbocycles. The predicted octanol–water partition coefficient (Wildman–Crippen LogP) is 5.46. The number of fused-ring (bicyclic) bond motifs is 1. The van der Waals surface area contributed by atoms with Crippen LogP contribution in [-0.4, -0.2) is 10.9 Å². The van der Waals surface area contributed by atoms with Crippen LogP contribution in [0.15, 0.2) is 83.3 Å². The first-order chi connectivity index (χ1) is 13.2. The largest absolute Gasteiger partial charge is 0.436 e. The van der Waals surface area contributed by atoms with Crippen molar-refractivity contribution in [3.63, 3.8) is 0 Å². The number of aromatic nitrogens is 1. The number of nitrogens with one attached hydrogen (secondary N) is 1. The maximum Gasteiger partial charge on any atom is 0.248 e. The first-order valence-electron chi connectivity index (χ1n) is 8.70. The monoisotopic (exact) mass is 354 g/mol. The molecular formula is C23H18N2O2. The third-order valence-corrected chi connectivity index (χ3v) is 4.34. The molecule has 1 amide bonds. The van der Waals surface area contributed by atoms with Gasteiger partial charge in [-0.2, -0.15) is 0 Å². The molecule has 0 atom stereocenters. The molecule has 0 fully saturated rings. The van der Waals surface area contributed by atoms with Crippen molar-refractivity contribution in [2.75, 3.05) is 5.32 Å². The molecule has 4 aromatic rings. The highest BCUT2D eigenvalue weighted by atomic mass is 16.3. The summed E-state index contributed by atoms with van der Waals surface area (Å²) in [5.41, 5.74) is 5.03. The fourth-order valence-electron chi connectivity index (χ4n) is 2.90. The lowest BCUT2D eigenvalue weighted by atomic mass is 10.1. The molecule has 0 aliphatic rings. The Morgan fingerprint density at radius 1 is 0.963 bits per heavy atom. The molecule has 1 aromatic heterocycles. The second-order valence-corrected chi connectivity index (χ2v) is 6.20. The zero-order valence-corrected chi connectivity index (χ0v) is 14.8. The van der Waals surface area contributed by atoms with Crippen molar-refractivity contribution >= 4 is 28.8 Å². The summed E-state index contributed by atoms with van der Waals surface area (Å²) in [4.78, 5) is 16.8. The van der Waals surface area contributed by atoms with E-state index >= 15 is 0 Å². The molecule has 0 unspecified atom stereocenters. The Morgan fingerprint density at radius 3 is 2.56 bits per heavy atom. The summed E-state index contributed by atoms with van der Waals surface area (Å²) in [6, 6.07) is 23.1. The molecule has 0 spiro atoms. The average molecular weight is 354 g/mol. The van der Waals surface area contributed by atoms with E-state index in [9.17, 15) is 4.79 Å². The van der Waals surface area contributed by atoms with E-state index in [1.807, 2.05) is 79.7 Å². The summed E-state index contributed by atoms with van der Waals surface area (Å²) in [5.74, 6) is 0.362. The molecule has 27 heavy (non-hydrogen) atoms. The Balaban J connectivity index is 1.58. The Bertz CT molecular complexity index is 1090. The van der Waals surface area contributed by atoms with Gasteiger partial charge >= 0.3 is 0 Å². The molecule has 132 valence electrons. The van der Waals surface area contributed by atoms with Crippen LogP contribution in [0.5, 0.6) is 0 Å². The van der Waals surface area contributed by atoms with Gasteiger partial charge in [-0.15, -0.1) is 0 Å². The van der Waals surface area contributed by atoms with Gasteiger partial charge in [0.15, 0.2) is 5.58 Å². The van der Waals surface area contributed by atoms with E-state index in [2.05, 4.69) is 10.3 Å². The normalized spacial score (nSPS) is 11.1. The number of hydrogen-bond acceptors (Lipinski definition) is 3. The highest BCUT2D eigenvalue weighted by molar-refractivity contribution is 6.02. The molecule has 0 radical (unpaired) electrons. The molecule has 0 bridgehead atoms. The summed E-state index contributed by atoms with van der Waals surface area (Å²) in [6.07, 6.45) is 3.32. The number of carbonyl (C=O) groups excluding carboxylic acids is 1. The number of rotatable bonds is 4. The Labute approximate surface area is 157 Å². The van der Waals surface area contributed by atoms with Gasteiger partial charge in [-0.1, -0.05) is 48.5 Å². The highest BCUT2D eigenvalue weighted by Crippen LogP contribution is 2.30. The van der Waals surface area contributed by atoms with Gasteiger partial charge in [0, 0.05) is 17.3 Å². The van der Waals surface area contributed by atoms with Crippen LogP contribution < -0.4 is 5.32 Å².